The Labute approximate surface area is 83.9 Å². The molecule has 0 saturated heterocycles. The predicted molar refractivity (Wildman–Crippen MR) is 54.4 cm³/mol. The Bertz CT molecular complexity index is 471. The lowest BCUT2D eigenvalue weighted by Gasteiger charge is -2.07. The third kappa shape index (κ3) is 2.33. The van der Waals surface area contributed by atoms with E-state index >= 15 is 0 Å². The van der Waals surface area contributed by atoms with Gasteiger partial charge in [0, 0.05) is 6.26 Å². The van der Waals surface area contributed by atoms with Crippen LogP contribution in [0.15, 0.2) is 24.3 Å². The topological polar surface area (TPSA) is 57.9 Å². The molecule has 1 atom stereocenters. The van der Waals surface area contributed by atoms with E-state index in [9.17, 15) is 8.42 Å². The Morgan fingerprint density at radius 2 is 2.07 bits per heavy atom. The molecule has 0 N–H and O–H groups in total. The fourth-order valence-corrected chi connectivity index (χ4v) is 2.08. The minimum Gasteiger partial charge on any atom is -0.227 e. The van der Waals surface area contributed by atoms with E-state index in [1.807, 2.05) is 13.0 Å². The minimum absolute atomic E-state index is 0.537. The molecule has 0 aliphatic heterocycles. The summed E-state index contributed by atoms with van der Waals surface area (Å²) in [5.41, 5.74) is 1.49. The summed E-state index contributed by atoms with van der Waals surface area (Å²) in [6.45, 7) is 1.86. The van der Waals surface area contributed by atoms with Crippen LogP contribution in [0.25, 0.3) is 0 Å². The van der Waals surface area contributed by atoms with Gasteiger partial charge in [0.2, 0.25) is 0 Å². The minimum atomic E-state index is -3.35. The standard InChI is InChI=1S/C10H11NO2S/c1-8-4-3-5-9(6-8)10(7-11)14(2,12)13/h3-6,10H,1-2H3. The summed E-state index contributed by atoms with van der Waals surface area (Å²) in [5.74, 6) is 0. The van der Waals surface area contributed by atoms with E-state index in [0.717, 1.165) is 11.8 Å². The first-order valence-electron chi connectivity index (χ1n) is 4.10. The summed E-state index contributed by atoms with van der Waals surface area (Å²) >= 11 is 0. The van der Waals surface area contributed by atoms with Crippen LogP contribution in [0, 0.1) is 18.3 Å². The Hall–Kier alpha value is -1.34. The van der Waals surface area contributed by atoms with Crippen LogP contribution in [-0.4, -0.2) is 14.7 Å². The third-order valence-corrected chi connectivity index (χ3v) is 3.12. The molecule has 0 aliphatic carbocycles. The summed E-state index contributed by atoms with van der Waals surface area (Å²) in [5, 5.41) is 7.72. The molecule has 0 amide bonds. The Kier molecular flexibility index (Phi) is 2.92. The highest BCUT2D eigenvalue weighted by Crippen LogP contribution is 2.21. The Morgan fingerprint density at radius 3 is 2.50 bits per heavy atom. The Morgan fingerprint density at radius 1 is 1.43 bits per heavy atom. The molecule has 0 saturated carbocycles. The van der Waals surface area contributed by atoms with Crippen molar-refractivity contribution in [3.8, 4) is 6.07 Å². The van der Waals surface area contributed by atoms with Crippen molar-refractivity contribution in [2.24, 2.45) is 0 Å². The van der Waals surface area contributed by atoms with Crippen molar-refractivity contribution < 1.29 is 8.42 Å². The summed E-state index contributed by atoms with van der Waals surface area (Å²) in [7, 11) is -3.35. The molecule has 1 rings (SSSR count). The highest BCUT2D eigenvalue weighted by molar-refractivity contribution is 7.91. The van der Waals surface area contributed by atoms with Crippen LogP contribution in [0.1, 0.15) is 16.4 Å². The molecule has 1 aromatic rings. The molecule has 0 radical (unpaired) electrons. The lowest BCUT2D eigenvalue weighted by molar-refractivity contribution is 0.597. The number of nitrogens with zero attached hydrogens (tertiary/aromatic N) is 1. The van der Waals surface area contributed by atoms with Gasteiger partial charge in [-0.1, -0.05) is 29.8 Å². The molecular formula is C10H11NO2S. The van der Waals surface area contributed by atoms with Crippen LogP contribution in [-0.2, 0) is 9.84 Å². The van der Waals surface area contributed by atoms with Gasteiger partial charge in [0.25, 0.3) is 0 Å². The molecule has 0 aliphatic rings. The molecule has 14 heavy (non-hydrogen) atoms. The van der Waals surface area contributed by atoms with E-state index in [4.69, 9.17) is 5.26 Å². The van der Waals surface area contributed by atoms with Crippen LogP contribution in [0.5, 0.6) is 0 Å². The van der Waals surface area contributed by atoms with Gasteiger partial charge in [0.1, 0.15) is 0 Å². The van der Waals surface area contributed by atoms with Crippen LogP contribution in [0.2, 0.25) is 0 Å². The smallest absolute Gasteiger partial charge is 0.172 e. The highest BCUT2D eigenvalue weighted by Gasteiger charge is 2.21. The number of hydrogen-bond donors (Lipinski definition) is 0. The van der Waals surface area contributed by atoms with Crippen LogP contribution in [0.4, 0.5) is 0 Å². The van der Waals surface area contributed by atoms with Crippen LogP contribution >= 0.6 is 0 Å². The van der Waals surface area contributed by atoms with Crippen molar-refractivity contribution in [2.75, 3.05) is 6.26 Å². The summed E-state index contributed by atoms with van der Waals surface area (Å²) in [6.07, 6.45) is 1.07. The maximum absolute atomic E-state index is 11.3. The number of nitriles is 1. The average Bonchev–Trinajstić information content (AvgIpc) is 2.02. The highest BCUT2D eigenvalue weighted by atomic mass is 32.2. The Balaban J connectivity index is 3.23. The first-order chi connectivity index (χ1) is 6.45. The van der Waals surface area contributed by atoms with Gasteiger partial charge in [-0.25, -0.2) is 8.42 Å². The second kappa shape index (κ2) is 3.81. The first kappa shape index (κ1) is 10.7. The average molecular weight is 209 g/mol. The molecule has 0 aromatic heterocycles. The molecule has 1 aromatic carbocycles. The van der Waals surface area contributed by atoms with Gasteiger partial charge in [0.05, 0.1) is 6.07 Å². The molecular weight excluding hydrogens is 198 g/mol. The maximum Gasteiger partial charge on any atom is 0.172 e. The van der Waals surface area contributed by atoms with E-state index < -0.39 is 15.1 Å². The largest absolute Gasteiger partial charge is 0.227 e. The van der Waals surface area contributed by atoms with E-state index in [-0.39, 0.29) is 0 Å². The van der Waals surface area contributed by atoms with Crippen molar-refractivity contribution >= 4 is 9.84 Å². The third-order valence-electron chi connectivity index (χ3n) is 1.89. The van der Waals surface area contributed by atoms with Crippen LogP contribution < -0.4 is 0 Å². The SMILES string of the molecule is Cc1cccc(C(C#N)S(C)(=O)=O)c1. The fourth-order valence-electron chi connectivity index (χ4n) is 1.25. The molecule has 74 valence electrons. The second-order valence-electron chi connectivity index (χ2n) is 3.25. The lowest BCUT2D eigenvalue weighted by Crippen LogP contribution is -2.09. The maximum atomic E-state index is 11.3. The fraction of sp³-hybridized carbons (Fsp3) is 0.300. The first-order valence-corrected chi connectivity index (χ1v) is 6.05. The molecule has 0 bridgehead atoms. The van der Waals surface area contributed by atoms with Crippen molar-refractivity contribution in [1.82, 2.24) is 0 Å². The molecule has 4 heteroatoms. The van der Waals surface area contributed by atoms with E-state index in [1.54, 1.807) is 24.3 Å². The molecule has 0 spiro atoms. The molecule has 3 nitrogen and oxygen atoms in total. The molecule has 0 heterocycles. The molecule has 0 fully saturated rings. The van der Waals surface area contributed by atoms with Gasteiger partial charge in [0.15, 0.2) is 15.1 Å². The predicted octanol–water partition coefficient (Wildman–Crippen LogP) is 1.60. The zero-order chi connectivity index (χ0) is 10.8. The summed E-state index contributed by atoms with van der Waals surface area (Å²) < 4.78 is 22.5. The number of sulfone groups is 1. The number of benzene rings is 1. The normalized spacial score (nSPS) is 13.2. The zero-order valence-corrected chi connectivity index (χ0v) is 8.88. The van der Waals surface area contributed by atoms with Gasteiger partial charge >= 0.3 is 0 Å². The zero-order valence-electron chi connectivity index (χ0n) is 8.06. The lowest BCUT2D eigenvalue weighted by atomic mass is 10.1. The van der Waals surface area contributed by atoms with Gasteiger partial charge in [-0.2, -0.15) is 5.26 Å². The summed E-state index contributed by atoms with van der Waals surface area (Å²) in [6, 6.07) is 8.78. The van der Waals surface area contributed by atoms with Crippen molar-refractivity contribution in [3.05, 3.63) is 35.4 Å². The van der Waals surface area contributed by atoms with Crippen molar-refractivity contribution in [2.45, 2.75) is 12.2 Å². The second-order valence-corrected chi connectivity index (χ2v) is 5.38. The van der Waals surface area contributed by atoms with Gasteiger partial charge < -0.3 is 0 Å². The van der Waals surface area contributed by atoms with Crippen molar-refractivity contribution in [3.63, 3.8) is 0 Å². The van der Waals surface area contributed by atoms with Gasteiger partial charge in [-0.3, -0.25) is 0 Å². The number of hydrogen-bond acceptors (Lipinski definition) is 3. The van der Waals surface area contributed by atoms with Crippen LogP contribution in [0.3, 0.4) is 0 Å². The van der Waals surface area contributed by atoms with E-state index in [2.05, 4.69) is 0 Å². The van der Waals surface area contributed by atoms with Gasteiger partial charge in [-0.15, -0.1) is 0 Å². The van der Waals surface area contributed by atoms with E-state index in [1.165, 1.54) is 0 Å². The number of aryl methyl sites for hydroxylation is 1. The summed E-state index contributed by atoms with van der Waals surface area (Å²) in [4.78, 5) is 0. The van der Waals surface area contributed by atoms with Crippen molar-refractivity contribution in [1.29, 1.82) is 5.26 Å². The quantitative estimate of drug-likeness (QED) is 0.743. The number of rotatable bonds is 2. The van der Waals surface area contributed by atoms with E-state index in [0.29, 0.717) is 5.56 Å². The molecule has 1 unspecified atom stereocenters. The monoisotopic (exact) mass is 209 g/mol. The van der Waals surface area contributed by atoms with Gasteiger partial charge in [-0.05, 0) is 12.5 Å².